The fourth-order valence-electron chi connectivity index (χ4n) is 1.78. The van der Waals surface area contributed by atoms with E-state index in [9.17, 15) is 22.0 Å². The summed E-state index contributed by atoms with van der Waals surface area (Å²) in [6.07, 6.45) is 3.72. The van der Waals surface area contributed by atoms with Gasteiger partial charge in [-0.25, -0.2) is 22.0 Å². The Balaban J connectivity index is 2.68. The van der Waals surface area contributed by atoms with Gasteiger partial charge in [0.15, 0.2) is 23.3 Å². The smallest absolute Gasteiger partial charge is 0.200 e. The van der Waals surface area contributed by atoms with Crippen LogP contribution in [-0.2, 0) is 0 Å². The zero-order valence-corrected chi connectivity index (χ0v) is 10.1. The van der Waals surface area contributed by atoms with Crippen molar-refractivity contribution in [1.29, 1.82) is 0 Å². The van der Waals surface area contributed by atoms with Crippen molar-refractivity contribution in [1.82, 2.24) is 15.3 Å². The lowest BCUT2D eigenvalue weighted by Gasteiger charge is -2.18. The van der Waals surface area contributed by atoms with Crippen LogP contribution >= 0.6 is 0 Å². The molecule has 0 aliphatic rings. The van der Waals surface area contributed by atoms with Crippen LogP contribution in [0.2, 0.25) is 0 Å². The lowest BCUT2D eigenvalue weighted by atomic mass is 10.0. The van der Waals surface area contributed by atoms with Crippen molar-refractivity contribution in [2.24, 2.45) is 0 Å². The summed E-state index contributed by atoms with van der Waals surface area (Å²) < 4.78 is 66.8. The molecule has 2 aromatic rings. The number of benzene rings is 1. The van der Waals surface area contributed by atoms with Gasteiger partial charge in [0, 0.05) is 12.4 Å². The number of nitrogens with one attached hydrogen (secondary N) is 1. The Labute approximate surface area is 110 Å². The van der Waals surface area contributed by atoms with E-state index in [1.165, 1.54) is 25.6 Å². The van der Waals surface area contributed by atoms with Crippen LogP contribution in [0.1, 0.15) is 17.3 Å². The Morgan fingerprint density at radius 3 is 1.90 bits per heavy atom. The lowest BCUT2D eigenvalue weighted by molar-refractivity contribution is 0.363. The average Bonchev–Trinajstić information content (AvgIpc) is 2.48. The van der Waals surface area contributed by atoms with Gasteiger partial charge in [-0.2, -0.15) is 0 Å². The van der Waals surface area contributed by atoms with Crippen molar-refractivity contribution in [2.75, 3.05) is 7.05 Å². The predicted molar refractivity (Wildman–Crippen MR) is 59.2 cm³/mol. The molecule has 0 spiro atoms. The van der Waals surface area contributed by atoms with E-state index in [1.807, 2.05) is 0 Å². The third-order valence-corrected chi connectivity index (χ3v) is 2.70. The van der Waals surface area contributed by atoms with E-state index in [4.69, 9.17) is 0 Å². The van der Waals surface area contributed by atoms with Crippen molar-refractivity contribution >= 4 is 0 Å². The van der Waals surface area contributed by atoms with Crippen LogP contribution in [0.4, 0.5) is 22.0 Å². The van der Waals surface area contributed by atoms with E-state index in [2.05, 4.69) is 15.3 Å². The molecule has 0 amide bonds. The first kappa shape index (κ1) is 14.3. The van der Waals surface area contributed by atoms with Crippen molar-refractivity contribution in [3.8, 4) is 0 Å². The minimum Gasteiger partial charge on any atom is -0.308 e. The van der Waals surface area contributed by atoms with Crippen LogP contribution in [0.25, 0.3) is 0 Å². The molecule has 0 aliphatic heterocycles. The van der Waals surface area contributed by atoms with E-state index < -0.39 is 40.7 Å². The normalized spacial score (nSPS) is 12.5. The number of nitrogens with zero attached hydrogens (tertiary/aromatic N) is 2. The molecule has 0 radical (unpaired) electrons. The van der Waals surface area contributed by atoms with Crippen LogP contribution in [0.15, 0.2) is 18.6 Å². The Morgan fingerprint density at radius 2 is 1.45 bits per heavy atom. The molecule has 1 aromatic carbocycles. The van der Waals surface area contributed by atoms with Crippen molar-refractivity contribution in [3.05, 3.63) is 58.9 Å². The van der Waals surface area contributed by atoms with Crippen LogP contribution in [0, 0.1) is 29.1 Å². The zero-order valence-electron chi connectivity index (χ0n) is 10.1. The van der Waals surface area contributed by atoms with Gasteiger partial charge in [0.05, 0.1) is 23.5 Å². The standard InChI is InChI=1S/C12H8F5N3/c1-18-12(5-4-19-2-3-20-5)6-7(13)9(15)11(17)10(16)8(6)14/h2-4,12,18H,1H3. The molecule has 0 fully saturated rings. The first-order valence-electron chi connectivity index (χ1n) is 5.43. The Kier molecular flexibility index (Phi) is 3.93. The van der Waals surface area contributed by atoms with Gasteiger partial charge in [-0.1, -0.05) is 0 Å². The maximum Gasteiger partial charge on any atom is 0.200 e. The Hall–Kier alpha value is -2.09. The molecule has 106 valence electrons. The van der Waals surface area contributed by atoms with E-state index in [-0.39, 0.29) is 5.69 Å². The molecule has 1 heterocycles. The summed E-state index contributed by atoms with van der Waals surface area (Å²) in [7, 11) is 1.30. The molecular formula is C12H8F5N3. The van der Waals surface area contributed by atoms with Gasteiger partial charge in [-0.3, -0.25) is 9.97 Å². The van der Waals surface area contributed by atoms with Crippen molar-refractivity contribution in [2.45, 2.75) is 6.04 Å². The highest BCUT2D eigenvalue weighted by Gasteiger charge is 2.31. The second-order valence-electron chi connectivity index (χ2n) is 3.84. The van der Waals surface area contributed by atoms with E-state index in [0.29, 0.717) is 0 Å². The summed E-state index contributed by atoms with van der Waals surface area (Å²) in [5, 5.41) is 2.45. The number of aromatic nitrogens is 2. The van der Waals surface area contributed by atoms with Crippen LogP contribution in [0.5, 0.6) is 0 Å². The van der Waals surface area contributed by atoms with Crippen LogP contribution in [0.3, 0.4) is 0 Å². The van der Waals surface area contributed by atoms with Gasteiger partial charge in [-0.05, 0) is 7.05 Å². The Morgan fingerprint density at radius 1 is 0.900 bits per heavy atom. The van der Waals surface area contributed by atoms with Gasteiger partial charge < -0.3 is 5.32 Å². The molecule has 0 saturated carbocycles. The van der Waals surface area contributed by atoms with Gasteiger partial charge >= 0.3 is 0 Å². The molecule has 1 atom stereocenters. The zero-order chi connectivity index (χ0) is 14.9. The fraction of sp³-hybridized carbons (Fsp3) is 0.167. The number of rotatable bonds is 3. The monoisotopic (exact) mass is 289 g/mol. The Bertz CT molecular complexity index is 604. The van der Waals surface area contributed by atoms with E-state index in [0.717, 1.165) is 0 Å². The van der Waals surface area contributed by atoms with Crippen LogP contribution in [-0.4, -0.2) is 17.0 Å². The molecule has 1 N–H and O–H groups in total. The van der Waals surface area contributed by atoms with E-state index >= 15 is 0 Å². The first-order chi connectivity index (χ1) is 9.49. The largest absolute Gasteiger partial charge is 0.308 e. The summed E-state index contributed by atoms with van der Waals surface area (Å²) in [5.74, 6) is -9.98. The maximum absolute atomic E-state index is 13.7. The third kappa shape index (κ3) is 2.22. The summed E-state index contributed by atoms with van der Waals surface area (Å²) in [6, 6.07) is -1.31. The second kappa shape index (κ2) is 5.49. The summed E-state index contributed by atoms with van der Waals surface area (Å²) >= 11 is 0. The molecule has 20 heavy (non-hydrogen) atoms. The highest BCUT2D eigenvalue weighted by Crippen LogP contribution is 2.30. The average molecular weight is 289 g/mol. The molecule has 0 aliphatic carbocycles. The topological polar surface area (TPSA) is 37.8 Å². The van der Waals surface area contributed by atoms with Gasteiger partial charge in [0.2, 0.25) is 5.82 Å². The molecule has 0 bridgehead atoms. The van der Waals surface area contributed by atoms with E-state index in [1.54, 1.807) is 0 Å². The summed E-state index contributed by atoms with van der Waals surface area (Å²) in [4.78, 5) is 7.49. The number of hydrogen-bond donors (Lipinski definition) is 1. The molecule has 2 rings (SSSR count). The number of hydrogen-bond acceptors (Lipinski definition) is 3. The summed E-state index contributed by atoms with van der Waals surface area (Å²) in [5.41, 5.74) is -0.970. The fourth-order valence-corrected chi connectivity index (χ4v) is 1.78. The molecule has 1 aromatic heterocycles. The SMILES string of the molecule is CNC(c1cnccn1)c1c(F)c(F)c(F)c(F)c1F. The summed E-state index contributed by atoms with van der Waals surface area (Å²) in [6.45, 7) is 0. The van der Waals surface area contributed by atoms with Crippen molar-refractivity contribution in [3.63, 3.8) is 0 Å². The van der Waals surface area contributed by atoms with Crippen LogP contribution < -0.4 is 5.32 Å². The highest BCUT2D eigenvalue weighted by atomic mass is 19.2. The van der Waals surface area contributed by atoms with Gasteiger partial charge in [0.1, 0.15) is 0 Å². The lowest BCUT2D eigenvalue weighted by Crippen LogP contribution is -2.23. The second-order valence-corrected chi connectivity index (χ2v) is 3.84. The minimum absolute atomic E-state index is 0.0261. The molecule has 8 heteroatoms. The molecule has 3 nitrogen and oxygen atoms in total. The van der Waals surface area contributed by atoms with Gasteiger partial charge in [-0.15, -0.1) is 0 Å². The molecule has 0 saturated heterocycles. The minimum atomic E-state index is -2.20. The molecular weight excluding hydrogens is 281 g/mol. The quantitative estimate of drug-likeness (QED) is 0.536. The first-order valence-corrected chi connectivity index (χ1v) is 5.43. The third-order valence-electron chi connectivity index (χ3n) is 2.70. The molecule has 1 unspecified atom stereocenters. The maximum atomic E-state index is 13.7. The number of halogens is 5. The highest BCUT2D eigenvalue weighted by molar-refractivity contribution is 5.31. The van der Waals surface area contributed by atoms with Gasteiger partial charge in [0.25, 0.3) is 0 Å². The predicted octanol–water partition coefficient (Wildman–Crippen LogP) is 2.48. The van der Waals surface area contributed by atoms with Crippen molar-refractivity contribution < 1.29 is 22.0 Å².